The van der Waals surface area contributed by atoms with Gasteiger partial charge in [0, 0.05) is 32.3 Å². The van der Waals surface area contributed by atoms with E-state index in [4.69, 9.17) is 9.84 Å². The zero-order chi connectivity index (χ0) is 13.8. The minimum absolute atomic E-state index is 0.143. The molecule has 0 aromatic carbocycles. The van der Waals surface area contributed by atoms with E-state index in [9.17, 15) is 9.59 Å². The quantitative estimate of drug-likeness (QED) is 0.796. The third-order valence-corrected chi connectivity index (χ3v) is 4.19. The summed E-state index contributed by atoms with van der Waals surface area (Å²) in [6.45, 7) is 4.57. The highest BCUT2D eigenvalue weighted by Crippen LogP contribution is 2.24. The summed E-state index contributed by atoms with van der Waals surface area (Å²) in [4.78, 5) is 24.6. The van der Waals surface area contributed by atoms with E-state index in [0.29, 0.717) is 25.4 Å². The van der Waals surface area contributed by atoms with Crippen molar-refractivity contribution in [2.75, 3.05) is 26.3 Å². The number of carbonyl (C=O) groups is 2. The Morgan fingerprint density at radius 1 is 1.42 bits per heavy atom. The van der Waals surface area contributed by atoms with Gasteiger partial charge in [-0.1, -0.05) is 0 Å². The molecule has 2 saturated heterocycles. The molecular weight excluding hydrogens is 248 g/mol. The van der Waals surface area contributed by atoms with Crippen LogP contribution in [0.3, 0.4) is 0 Å². The molecule has 0 aliphatic carbocycles. The number of aliphatic carboxylic acids is 1. The lowest BCUT2D eigenvalue weighted by molar-refractivity contribution is -0.142. The van der Waals surface area contributed by atoms with Crippen LogP contribution in [0.25, 0.3) is 0 Å². The van der Waals surface area contributed by atoms with Crippen molar-refractivity contribution in [3.05, 3.63) is 0 Å². The van der Waals surface area contributed by atoms with Gasteiger partial charge < -0.3 is 20.1 Å². The van der Waals surface area contributed by atoms with Gasteiger partial charge in [0.05, 0.1) is 5.92 Å². The maximum atomic E-state index is 12.0. The molecule has 0 radical (unpaired) electrons. The van der Waals surface area contributed by atoms with Gasteiger partial charge in [0.1, 0.15) is 0 Å². The number of carbonyl (C=O) groups excluding carboxylic acids is 1. The van der Waals surface area contributed by atoms with Crippen molar-refractivity contribution in [3.63, 3.8) is 0 Å². The summed E-state index contributed by atoms with van der Waals surface area (Å²) in [6.07, 6.45) is 2.54. The third kappa shape index (κ3) is 3.37. The molecule has 2 amide bonds. The van der Waals surface area contributed by atoms with Gasteiger partial charge in [0.2, 0.25) is 0 Å². The van der Waals surface area contributed by atoms with E-state index in [-0.39, 0.29) is 12.1 Å². The number of hydrogen-bond donors (Lipinski definition) is 2. The molecular formula is C13H22N2O4. The van der Waals surface area contributed by atoms with Crippen LogP contribution in [0.5, 0.6) is 0 Å². The molecule has 0 bridgehead atoms. The molecule has 0 aromatic heterocycles. The lowest BCUT2D eigenvalue weighted by Crippen LogP contribution is -2.44. The molecule has 2 aliphatic rings. The molecule has 6 nitrogen and oxygen atoms in total. The minimum atomic E-state index is -0.814. The first-order chi connectivity index (χ1) is 9.09. The topological polar surface area (TPSA) is 78.9 Å². The zero-order valence-electron chi connectivity index (χ0n) is 11.3. The van der Waals surface area contributed by atoms with Crippen LogP contribution in [0.15, 0.2) is 0 Å². The number of amides is 2. The van der Waals surface area contributed by atoms with Crippen LogP contribution in [0, 0.1) is 11.8 Å². The van der Waals surface area contributed by atoms with E-state index in [1.54, 1.807) is 11.8 Å². The molecule has 2 aliphatic heterocycles. The Morgan fingerprint density at radius 2 is 2.21 bits per heavy atom. The van der Waals surface area contributed by atoms with Gasteiger partial charge in [-0.3, -0.25) is 4.79 Å². The Balaban J connectivity index is 1.72. The van der Waals surface area contributed by atoms with Gasteiger partial charge in [-0.25, -0.2) is 4.79 Å². The fourth-order valence-electron chi connectivity index (χ4n) is 2.85. The molecule has 3 atom stereocenters. The normalized spacial score (nSPS) is 30.6. The molecule has 3 unspecified atom stereocenters. The summed E-state index contributed by atoms with van der Waals surface area (Å²) >= 11 is 0. The van der Waals surface area contributed by atoms with Crippen LogP contribution < -0.4 is 5.32 Å². The highest BCUT2D eigenvalue weighted by molar-refractivity contribution is 5.78. The molecule has 0 aromatic rings. The molecule has 2 rings (SSSR count). The standard InChI is InChI=1S/C13H22N2O4/c1-9-11(12(16)17)3-6-15(9)13(18)14-5-2-10-4-7-19-8-10/h9-11H,2-8H2,1H3,(H,14,18)(H,16,17). The van der Waals surface area contributed by atoms with E-state index in [2.05, 4.69) is 5.32 Å². The molecule has 0 spiro atoms. The summed E-state index contributed by atoms with van der Waals surface area (Å²) in [5.41, 5.74) is 0. The summed E-state index contributed by atoms with van der Waals surface area (Å²) < 4.78 is 5.28. The Kier molecular flexibility index (Phi) is 4.63. The second kappa shape index (κ2) is 6.23. The lowest BCUT2D eigenvalue weighted by Gasteiger charge is -2.23. The average molecular weight is 270 g/mol. The van der Waals surface area contributed by atoms with Gasteiger partial charge in [-0.2, -0.15) is 0 Å². The zero-order valence-corrected chi connectivity index (χ0v) is 11.3. The molecule has 108 valence electrons. The van der Waals surface area contributed by atoms with E-state index in [1.165, 1.54) is 0 Å². The highest BCUT2D eigenvalue weighted by atomic mass is 16.5. The Morgan fingerprint density at radius 3 is 2.79 bits per heavy atom. The molecule has 6 heteroatoms. The van der Waals surface area contributed by atoms with Crippen molar-refractivity contribution in [2.45, 2.75) is 32.2 Å². The van der Waals surface area contributed by atoms with Crippen LogP contribution in [0.4, 0.5) is 4.79 Å². The number of carboxylic acid groups (broad SMARTS) is 1. The first-order valence-corrected chi connectivity index (χ1v) is 6.94. The van der Waals surface area contributed by atoms with Gasteiger partial charge in [0.15, 0.2) is 0 Å². The second-order valence-electron chi connectivity index (χ2n) is 5.42. The van der Waals surface area contributed by atoms with Crippen molar-refractivity contribution in [2.24, 2.45) is 11.8 Å². The largest absolute Gasteiger partial charge is 0.481 e. The van der Waals surface area contributed by atoms with Crippen molar-refractivity contribution in [3.8, 4) is 0 Å². The Hall–Kier alpha value is -1.30. The van der Waals surface area contributed by atoms with Gasteiger partial charge in [-0.05, 0) is 32.1 Å². The number of urea groups is 1. The number of ether oxygens (including phenoxy) is 1. The van der Waals surface area contributed by atoms with Gasteiger partial charge in [0.25, 0.3) is 0 Å². The monoisotopic (exact) mass is 270 g/mol. The summed E-state index contributed by atoms with van der Waals surface area (Å²) in [7, 11) is 0. The number of likely N-dealkylation sites (tertiary alicyclic amines) is 1. The molecule has 2 N–H and O–H groups in total. The number of carboxylic acids is 1. The van der Waals surface area contributed by atoms with Crippen molar-refractivity contribution in [1.82, 2.24) is 10.2 Å². The molecule has 2 fully saturated rings. The first kappa shape index (κ1) is 14.1. The number of rotatable bonds is 4. The Labute approximate surface area is 113 Å². The molecule has 0 saturated carbocycles. The van der Waals surface area contributed by atoms with Crippen LogP contribution in [-0.2, 0) is 9.53 Å². The SMILES string of the molecule is CC1C(C(=O)O)CCN1C(=O)NCCC1CCOC1. The summed E-state index contributed by atoms with van der Waals surface area (Å²) in [6, 6.07) is -0.373. The second-order valence-corrected chi connectivity index (χ2v) is 5.42. The maximum Gasteiger partial charge on any atom is 0.317 e. The number of nitrogens with one attached hydrogen (secondary N) is 1. The lowest BCUT2D eigenvalue weighted by atomic mass is 10.0. The minimum Gasteiger partial charge on any atom is -0.481 e. The van der Waals surface area contributed by atoms with Crippen LogP contribution >= 0.6 is 0 Å². The predicted octanol–water partition coefficient (Wildman–Crippen LogP) is 0.918. The van der Waals surface area contributed by atoms with Crippen molar-refractivity contribution in [1.29, 1.82) is 0 Å². The fraction of sp³-hybridized carbons (Fsp3) is 0.846. The molecule has 2 heterocycles. The third-order valence-electron chi connectivity index (χ3n) is 4.19. The van der Waals surface area contributed by atoms with Gasteiger partial charge >= 0.3 is 12.0 Å². The maximum absolute atomic E-state index is 12.0. The van der Waals surface area contributed by atoms with E-state index in [0.717, 1.165) is 26.1 Å². The smallest absolute Gasteiger partial charge is 0.317 e. The molecule has 19 heavy (non-hydrogen) atoms. The van der Waals surface area contributed by atoms with Crippen molar-refractivity contribution < 1.29 is 19.4 Å². The summed E-state index contributed by atoms with van der Waals surface area (Å²) in [5.74, 6) is -0.706. The number of hydrogen-bond acceptors (Lipinski definition) is 3. The average Bonchev–Trinajstić information content (AvgIpc) is 2.98. The van der Waals surface area contributed by atoms with Crippen LogP contribution in [0.1, 0.15) is 26.2 Å². The predicted molar refractivity (Wildman–Crippen MR) is 68.9 cm³/mol. The van der Waals surface area contributed by atoms with Gasteiger partial charge in [-0.15, -0.1) is 0 Å². The highest BCUT2D eigenvalue weighted by Gasteiger charge is 2.37. The summed E-state index contributed by atoms with van der Waals surface area (Å²) in [5, 5.41) is 11.9. The van der Waals surface area contributed by atoms with E-state index >= 15 is 0 Å². The fourth-order valence-corrected chi connectivity index (χ4v) is 2.85. The van der Waals surface area contributed by atoms with Crippen LogP contribution in [-0.4, -0.2) is 54.4 Å². The van der Waals surface area contributed by atoms with E-state index in [1.807, 2.05) is 0 Å². The first-order valence-electron chi connectivity index (χ1n) is 6.94. The Bertz CT molecular complexity index is 342. The van der Waals surface area contributed by atoms with E-state index < -0.39 is 11.9 Å². The van der Waals surface area contributed by atoms with Crippen LogP contribution in [0.2, 0.25) is 0 Å². The van der Waals surface area contributed by atoms with Crippen molar-refractivity contribution >= 4 is 12.0 Å². The number of nitrogens with zero attached hydrogens (tertiary/aromatic N) is 1.